The summed E-state index contributed by atoms with van der Waals surface area (Å²) >= 11 is 4.99. The Balaban J connectivity index is 1.69. The summed E-state index contributed by atoms with van der Waals surface area (Å²) in [5.74, 6) is 3.38. The molecule has 4 aromatic rings. The third-order valence-corrected chi connectivity index (χ3v) is 5.74. The Morgan fingerprint density at radius 1 is 1.03 bits per heavy atom. The molecule has 0 N–H and O–H groups in total. The molecular weight excluding hydrogens is 466 g/mol. The van der Waals surface area contributed by atoms with Gasteiger partial charge in [0.25, 0.3) is 0 Å². The molecule has 2 aromatic heterocycles. The molecule has 0 saturated heterocycles. The predicted octanol–water partition coefficient (Wildman–Crippen LogP) is 5.33. The minimum atomic E-state index is 0.516. The van der Waals surface area contributed by atoms with Gasteiger partial charge in [0, 0.05) is 22.1 Å². The van der Waals surface area contributed by atoms with Crippen molar-refractivity contribution in [3.63, 3.8) is 0 Å². The van der Waals surface area contributed by atoms with Crippen molar-refractivity contribution in [2.24, 2.45) is 0 Å². The maximum atomic E-state index is 5.58. The molecule has 0 spiro atoms. The molecule has 0 radical (unpaired) electrons. The fourth-order valence-corrected chi connectivity index (χ4v) is 3.91. The number of halogens is 1. The molecule has 7 nitrogen and oxygen atoms in total. The highest BCUT2D eigenvalue weighted by molar-refractivity contribution is 9.10. The van der Waals surface area contributed by atoms with E-state index in [2.05, 4.69) is 36.3 Å². The first-order valence-corrected chi connectivity index (χ1v) is 11.3. The standard InChI is InChI=1S/C21H20BrN5O2S/c1-3-18-23-19(29-26-18)13-30-21-25-24-20(14-5-7-15(22)8-6-14)27(21)16-9-11-17(12-10-16)28-4-2/h5-12H,3-4,13H2,1-2H3. The van der Waals surface area contributed by atoms with E-state index >= 15 is 0 Å². The van der Waals surface area contributed by atoms with Crippen LogP contribution in [-0.4, -0.2) is 31.5 Å². The van der Waals surface area contributed by atoms with Crippen molar-refractivity contribution in [3.05, 3.63) is 64.7 Å². The Hall–Kier alpha value is -2.65. The van der Waals surface area contributed by atoms with Crippen LogP contribution in [0, 0.1) is 0 Å². The molecule has 0 saturated carbocycles. The van der Waals surface area contributed by atoms with E-state index in [9.17, 15) is 0 Å². The quantitative estimate of drug-likeness (QED) is 0.312. The molecule has 9 heteroatoms. The Kier molecular flexibility index (Phi) is 6.49. The van der Waals surface area contributed by atoms with Crippen LogP contribution in [0.1, 0.15) is 25.6 Å². The summed E-state index contributed by atoms with van der Waals surface area (Å²) < 4.78 is 13.9. The molecule has 0 atom stereocenters. The van der Waals surface area contributed by atoms with Gasteiger partial charge in [0.2, 0.25) is 5.89 Å². The summed E-state index contributed by atoms with van der Waals surface area (Å²) in [5.41, 5.74) is 1.92. The van der Waals surface area contributed by atoms with E-state index in [1.807, 2.05) is 66.9 Å². The highest BCUT2D eigenvalue weighted by atomic mass is 79.9. The lowest BCUT2D eigenvalue weighted by molar-refractivity contribution is 0.340. The molecular formula is C21H20BrN5O2S. The molecule has 0 aliphatic rings. The zero-order valence-electron chi connectivity index (χ0n) is 16.6. The summed E-state index contributed by atoms with van der Waals surface area (Å²) in [6, 6.07) is 15.9. The van der Waals surface area contributed by atoms with E-state index in [4.69, 9.17) is 9.26 Å². The van der Waals surface area contributed by atoms with Crippen LogP contribution in [0.3, 0.4) is 0 Å². The smallest absolute Gasteiger partial charge is 0.237 e. The van der Waals surface area contributed by atoms with Crippen molar-refractivity contribution >= 4 is 27.7 Å². The normalized spacial score (nSPS) is 11.0. The van der Waals surface area contributed by atoms with Crippen LogP contribution in [-0.2, 0) is 12.2 Å². The zero-order chi connectivity index (χ0) is 20.9. The summed E-state index contributed by atoms with van der Waals surface area (Å²) in [6.45, 7) is 4.59. The van der Waals surface area contributed by atoms with Crippen molar-refractivity contribution in [1.29, 1.82) is 0 Å². The molecule has 0 fully saturated rings. The van der Waals surface area contributed by atoms with E-state index in [-0.39, 0.29) is 0 Å². The molecule has 0 amide bonds. The van der Waals surface area contributed by atoms with Gasteiger partial charge in [0.15, 0.2) is 16.8 Å². The van der Waals surface area contributed by atoms with Crippen molar-refractivity contribution in [2.45, 2.75) is 31.2 Å². The van der Waals surface area contributed by atoms with Crippen LogP contribution in [0.15, 0.2) is 62.7 Å². The minimum Gasteiger partial charge on any atom is -0.494 e. The molecule has 2 aromatic carbocycles. The number of aromatic nitrogens is 5. The summed E-state index contributed by atoms with van der Waals surface area (Å²) in [4.78, 5) is 4.38. The van der Waals surface area contributed by atoms with E-state index in [1.165, 1.54) is 11.8 Å². The van der Waals surface area contributed by atoms with Crippen LogP contribution in [0.4, 0.5) is 0 Å². The molecule has 0 bridgehead atoms. The van der Waals surface area contributed by atoms with Crippen LogP contribution in [0.2, 0.25) is 0 Å². The maximum Gasteiger partial charge on any atom is 0.237 e. The Labute approximate surface area is 187 Å². The first-order valence-electron chi connectivity index (χ1n) is 9.56. The average molecular weight is 486 g/mol. The van der Waals surface area contributed by atoms with Gasteiger partial charge >= 0.3 is 0 Å². The van der Waals surface area contributed by atoms with Gasteiger partial charge in [0.1, 0.15) is 5.75 Å². The number of aryl methyl sites for hydroxylation is 1. The summed E-state index contributed by atoms with van der Waals surface area (Å²) in [7, 11) is 0. The van der Waals surface area contributed by atoms with Gasteiger partial charge < -0.3 is 9.26 Å². The van der Waals surface area contributed by atoms with E-state index in [0.717, 1.165) is 38.9 Å². The third-order valence-electron chi connectivity index (χ3n) is 4.29. The van der Waals surface area contributed by atoms with Gasteiger partial charge in [-0.15, -0.1) is 10.2 Å². The lowest BCUT2D eigenvalue weighted by Crippen LogP contribution is -2.00. The van der Waals surface area contributed by atoms with Crippen molar-refractivity contribution in [1.82, 2.24) is 24.9 Å². The lowest BCUT2D eigenvalue weighted by atomic mass is 10.2. The van der Waals surface area contributed by atoms with Gasteiger partial charge in [-0.25, -0.2) is 0 Å². The molecule has 0 unspecified atom stereocenters. The van der Waals surface area contributed by atoms with E-state index in [1.54, 1.807) is 0 Å². The highest BCUT2D eigenvalue weighted by Gasteiger charge is 2.17. The first-order chi connectivity index (χ1) is 14.7. The molecule has 154 valence electrons. The number of benzene rings is 2. The topological polar surface area (TPSA) is 78.9 Å². The molecule has 2 heterocycles. The van der Waals surface area contributed by atoms with Gasteiger partial charge in [-0.3, -0.25) is 4.57 Å². The van der Waals surface area contributed by atoms with Crippen molar-refractivity contribution < 1.29 is 9.26 Å². The second kappa shape index (κ2) is 9.44. The zero-order valence-corrected chi connectivity index (χ0v) is 19.0. The maximum absolute atomic E-state index is 5.58. The van der Waals surface area contributed by atoms with Crippen molar-refractivity contribution in [2.75, 3.05) is 6.61 Å². The van der Waals surface area contributed by atoms with E-state index < -0.39 is 0 Å². The van der Waals surface area contributed by atoms with Gasteiger partial charge in [-0.1, -0.05) is 51.9 Å². The number of hydrogen-bond acceptors (Lipinski definition) is 7. The van der Waals surface area contributed by atoms with Crippen LogP contribution in [0.5, 0.6) is 5.75 Å². The number of thioether (sulfide) groups is 1. The largest absolute Gasteiger partial charge is 0.494 e. The fourth-order valence-electron chi connectivity index (χ4n) is 2.86. The number of ether oxygens (including phenoxy) is 1. The van der Waals surface area contributed by atoms with E-state index in [0.29, 0.717) is 24.1 Å². The second-order valence-corrected chi connectivity index (χ2v) is 8.18. The summed E-state index contributed by atoms with van der Waals surface area (Å²) in [6.07, 6.45) is 0.740. The van der Waals surface area contributed by atoms with Crippen LogP contribution < -0.4 is 4.74 Å². The van der Waals surface area contributed by atoms with Gasteiger partial charge in [-0.05, 0) is 43.3 Å². The lowest BCUT2D eigenvalue weighted by Gasteiger charge is -2.11. The second-order valence-electron chi connectivity index (χ2n) is 6.32. The van der Waals surface area contributed by atoms with Gasteiger partial charge in [-0.2, -0.15) is 4.98 Å². The van der Waals surface area contributed by atoms with Gasteiger partial charge in [0.05, 0.1) is 12.4 Å². The Morgan fingerprint density at radius 2 is 1.80 bits per heavy atom. The van der Waals surface area contributed by atoms with Crippen LogP contribution in [0.25, 0.3) is 17.1 Å². The summed E-state index contributed by atoms with van der Waals surface area (Å²) in [5, 5.41) is 13.6. The highest BCUT2D eigenvalue weighted by Crippen LogP contribution is 2.30. The molecule has 4 rings (SSSR count). The monoisotopic (exact) mass is 485 g/mol. The average Bonchev–Trinajstić information content (AvgIpc) is 3.40. The number of hydrogen-bond donors (Lipinski definition) is 0. The fraction of sp³-hybridized carbons (Fsp3) is 0.238. The molecule has 0 aliphatic carbocycles. The Bertz CT molecular complexity index is 1110. The first kappa shape index (κ1) is 20.6. The van der Waals surface area contributed by atoms with Crippen molar-refractivity contribution in [3.8, 4) is 22.8 Å². The Morgan fingerprint density at radius 3 is 2.47 bits per heavy atom. The SMILES string of the molecule is CCOc1ccc(-n2c(SCc3nc(CC)no3)nnc2-c2ccc(Br)cc2)cc1. The molecule has 0 aliphatic heterocycles. The minimum absolute atomic E-state index is 0.516. The third kappa shape index (κ3) is 4.57. The van der Waals surface area contributed by atoms with Crippen LogP contribution >= 0.6 is 27.7 Å². The predicted molar refractivity (Wildman–Crippen MR) is 119 cm³/mol. The number of nitrogens with zero attached hydrogens (tertiary/aromatic N) is 5. The number of rotatable bonds is 8. The molecule has 30 heavy (non-hydrogen) atoms.